The van der Waals surface area contributed by atoms with E-state index in [0.717, 1.165) is 4.57 Å². The van der Waals surface area contributed by atoms with Crippen molar-refractivity contribution in [2.24, 2.45) is 5.73 Å². The van der Waals surface area contributed by atoms with E-state index in [1.165, 1.54) is 13.0 Å². The molecule has 21 heavy (non-hydrogen) atoms. The summed E-state index contributed by atoms with van der Waals surface area (Å²) in [5, 5.41) is 19.9. The lowest BCUT2D eigenvalue weighted by Crippen LogP contribution is -2.55. The molecule has 0 radical (unpaired) electrons. The predicted octanol–water partition coefficient (Wildman–Crippen LogP) is -1.89. The van der Waals surface area contributed by atoms with Crippen molar-refractivity contribution in [1.29, 1.82) is 0 Å². The molecule has 0 aromatic carbocycles. The Morgan fingerprint density at radius 1 is 1.71 bits per heavy atom. The molecule has 1 unspecified atom stereocenters. The van der Waals surface area contributed by atoms with Gasteiger partial charge in [0.05, 0.1) is 9.30 Å². The van der Waals surface area contributed by atoms with Crippen LogP contribution in [0.1, 0.15) is 21.6 Å². The van der Waals surface area contributed by atoms with Crippen LogP contribution in [0.5, 0.6) is 0 Å². The third-order valence-electron chi connectivity index (χ3n) is 3.33. The number of aliphatic hydroxyl groups is 2. The SMILES string of the molecule is [2H]C([2H])(O)[C@H]1O[C@@H](n2c(C)cc(N)nc2=O)C(N)(C#CC)[C@H]1O. The Hall–Kier alpha value is -1.92. The summed E-state index contributed by atoms with van der Waals surface area (Å²) < 4.78 is 21.1. The average Bonchev–Trinajstić information content (AvgIpc) is 2.63. The van der Waals surface area contributed by atoms with Crippen LogP contribution in [-0.2, 0) is 4.74 Å². The first-order chi connectivity index (χ1) is 10.5. The summed E-state index contributed by atoms with van der Waals surface area (Å²) in [5.41, 5.74) is 9.35. The standard InChI is InChI=1S/C13H18N4O4/c1-3-4-13(15)10(19)8(6-18)21-11(13)17-7(2)5-9(14)16-12(17)20/h5,8,10-11,18-19H,6,15H2,1-2H3,(H2,14,16,20)/t8-,10+,11-,13?/m1/s1/i6D2. The molecule has 1 aromatic rings. The lowest BCUT2D eigenvalue weighted by atomic mass is 9.91. The molecular formula is C13H18N4O4. The molecule has 0 amide bonds. The number of aromatic nitrogens is 2. The van der Waals surface area contributed by atoms with Crippen LogP contribution in [0.4, 0.5) is 5.82 Å². The van der Waals surface area contributed by atoms with Gasteiger partial charge in [-0.2, -0.15) is 4.98 Å². The molecule has 0 aliphatic carbocycles. The summed E-state index contributed by atoms with van der Waals surface area (Å²) in [6, 6.07) is 1.40. The Balaban J connectivity index is 2.65. The zero-order valence-corrected chi connectivity index (χ0v) is 11.6. The van der Waals surface area contributed by atoms with Crippen molar-refractivity contribution in [3.63, 3.8) is 0 Å². The summed E-state index contributed by atoms with van der Waals surface area (Å²) in [6.45, 7) is 0.138. The molecule has 2 heterocycles. The van der Waals surface area contributed by atoms with Crippen LogP contribution in [0.25, 0.3) is 0 Å². The van der Waals surface area contributed by atoms with Crippen LogP contribution in [0.2, 0.25) is 0 Å². The molecule has 1 fully saturated rings. The lowest BCUT2D eigenvalue weighted by Gasteiger charge is -2.28. The van der Waals surface area contributed by atoms with Gasteiger partial charge in [-0.15, -0.1) is 5.92 Å². The Bertz CT molecular complexity index is 736. The fraction of sp³-hybridized carbons (Fsp3) is 0.538. The highest BCUT2D eigenvalue weighted by atomic mass is 16.5. The van der Waals surface area contributed by atoms with Gasteiger partial charge >= 0.3 is 5.69 Å². The largest absolute Gasteiger partial charge is 0.394 e. The van der Waals surface area contributed by atoms with Gasteiger partial charge in [0.1, 0.15) is 18.0 Å². The lowest BCUT2D eigenvalue weighted by molar-refractivity contribution is -0.0483. The number of nitrogen functional groups attached to an aromatic ring is 1. The number of rotatable bonds is 2. The molecule has 0 spiro atoms. The van der Waals surface area contributed by atoms with E-state index in [0.29, 0.717) is 5.69 Å². The Morgan fingerprint density at radius 2 is 2.38 bits per heavy atom. The number of nitrogens with zero attached hydrogens (tertiary/aromatic N) is 2. The number of anilines is 1. The fourth-order valence-electron chi connectivity index (χ4n) is 2.37. The molecule has 0 saturated carbocycles. The maximum Gasteiger partial charge on any atom is 0.351 e. The molecule has 8 heteroatoms. The van der Waals surface area contributed by atoms with Crippen LogP contribution in [0.3, 0.4) is 0 Å². The van der Waals surface area contributed by atoms with Gasteiger partial charge in [0.2, 0.25) is 0 Å². The molecule has 0 bridgehead atoms. The second kappa shape index (κ2) is 5.46. The van der Waals surface area contributed by atoms with Crippen molar-refractivity contribution in [3.05, 3.63) is 22.2 Å². The van der Waals surface area contributed by atoms with Crippen LogP contribution >= 0.6 is 0 Å². The molecule has 1 saturated heterocycles. The number of aryl methyl sites for hydroxylation is 1. The average molecular weight is 296 g/mol. The first-order valence-electron chi connectivity index (χ1n) is 7.16. The highest BCUT2D eigenvalue weighted by Gasteiger charge is 2.54. The van der Waals surface area contributed by atoms with Gasteiger partial charge < -0.3 is 26.4 Å². The van der Waals surface area contributed by atoms with E-state index < -0.39 is 36.2 Å². The first kappa shape index (κ1) is 12.8. The summed E-state index contributed by atoms with van der Waals surface area (Å²) in [5.74, 6) is 5.07. The van der Waals surface area contributed by atoms with Crippen LogP contribution in [-0.4, -0.2) is 44.1 Å². The number of nitrogens with two attached hydrogens (primary N) is 2. The van der Waals surface area contributed by atoms with Crippen LogP contribution in [0, 0.1) is 18.8 Å². The first-order valence-corrected chi connectivity index (χ1v) is 6.16. The van der Waals surface area contributed by atoms with Crippen molar-refractivity contribution in [2.45, 2.75) is 37.8 Å². The van der Waals surface area contributed by atoms with E-state index in [1.807, 2.05) is 0 Å². The number of aliphatic hydroxyl groups excluding tert-OH is 1. The van der Waals surface area contributed by atoms with Crippen LogP contribution in [0.15, 0.2) is 10.9 Å². The van der Waals surface area contributed by atoms with Crippen molar-refractivity contribution in [2.75, 3.05) is 12.3 Å². The third-order valence-corrected chi connectivity index (χ3v) is 3.33. The van der Waals surface area contributed by atoms with E-state index >= 15 is 0 Å². The zero-order chi connectivity index (χ0) is 17.6. The van der Waals surface area contributed by atoms with Gasteiger partial charge in [-0.1, -0.05) is 5.92 Å². The van der Waals surface area contributed by atoms with Gasteiger partial charge in [-0.05, 0) is 19.9 Å². The van der Waals surface area contributed by atoms with Crippen molar-refractivity contribution in [1.82, 2.24) is 9.55 Å². The van der Waals surface area contributed by atoms with Crippen molar-refractivity contribution in [3.8, 4) is 11.8 Å². The summed E-state index contributed by atoms with van der Waals surface area (Å²) in [4.78, 5) is 15.7. The third kappa shape index (κ3) is 2.41. The van der Waals surface area contributed by atoms with E-state index in [4.69, 9.17) is 18.9 Å². The minimum absolute atomic E-state index is 0.000491. The smallest absolute Gasteiger partial charge is 0.351 e. The normalized spacial score (nSPS) is 33.9. The molecule has 2 rings (SSSR count). The predicted molar refractivity (Wildman–Crippen MR) is 75.0 cm³/mol. The quantitative estimate of drug-likeness (QED) is 0.468. The number of hydrogen-bond acceptors (Lipinski definition) is 7. The molecule has 6 N–H and O–H groups in total. The molecule has 1 aliphatic heterocycles. The Kier molecular flexibility index (Phi) is 3.33. The van der Waals surface area contributed by atoms with Gasteiger partial charge in [-0.3, -0.25) is 4.57 Å². The summed E-state index contributed by atoms with van der Waals surface area (Å²) >= 11 is 0. The van der Waals surface area contributed by atoms with Gasteiger partial charge in [0.25, 0.3) is 0 Å². The maximum absolute atomic E-state index is 12.2. The van der Waals surface area contributed by atoms with E-state index in [2.05, 4.69) is 16.8 Å². The monoisotopic (exact) mass is 296 g/mol. The van der Waals surface area contributed by atoms with Gasteiger partial charge in [0.15, 0.2) is 11.8 Å². The second-order valence-corrected chi connectivity index (χ2v) is 4.77. The molecule has 114 valence electrons. The summed E-state index contributed by atoms with van der Waals surface area (Å²) in [6.07, 6.45) is -4.72. The van der Waals surface area contributed by atoms with E-state index in [1.54, 1.807) is 6.92 Å². The Labute approximate surface area is 124 Å². The molecule has 1 aliphatic rings. The number of hydrogen-bond donors (Lipinski definition) is 4. The van der Waals surface area contributed by atoms with Crippen molar-refractivity contribution >= 4 is 5.82 Å². The highest BCUT2D eigenvalue weighted by Crippen LogP contribution is 2.36. The second-order valence-electron chi connectivity index (χ2n) is 4.77. The minimum Gasteiger partial charge on any atom is -0.394 e. The zero-order valence-electron chi connectivity index (χ0n) is 13.6. The number of ether oxygens (including phenoxy) is 1. The molecule has 8 nitrogen and oxygen atoms in total. The fourth-order valence-corrected chi connectivity index (χ4v) is 2.37. The van der Waals surface area contributed by atoms with E-state index in [-0.39, 0.29) is 5.82 Å². The van der Waals surface area contributed by atoms with Gasteiger partial charge in [0, 0.05) is 5.69 Å². The summed E-state index contributed by atoms with van der Waals surface area (Å²) in [7, 11) is 0. The van der Waals surface area contributed by atoms with Crippen molar-refractivity contribution < 1.29 is 17.7 Å². The highest BCUT2D eigenvalue weighted by molar-refractivity contribution is 5.30. The minimum atomic E-state index is -2.88. The molecular weight excluding hydrogens is 276 g/mol. The maximum atomic E-state index is 12.2. The molecule has 4 atom stereocenters. The molecule has 1 aromatic heterocycles. The van der Waals surface area contributed by atoms with Crippen LogP contribution < -0.4 is 17.2 Å². The van der Waals surface area contributed by atoms with Gasteiger partial charge in [-0.25, -0.2) is 4.79 Å². The van der Waals surface area contributed by atoms with E-state index in [9.17, 15) is 15.0 Å². The Morgan fingerprint density at radius 3 is 2.90 bits per heavy atom. The topological polar surface area (TPSA) is 137 Å².